The molecule has 129 valence electrons. The fourth-order valence-electron chi connectivity index (χ4n) is 3.33. The third-order valence-electron chi connectivity index (χ3n) is 4.53. The number of hydrogen-bond donors (Lipinski definition) is 2. The lowest BCUT2D eigenvalue weighted by Crippen LogP contribution is -2.27. The van der Waals surface area contributed by atoms with Gasteiger partial charge in [-0.3, -0.25) is 0 Å². The molecule has 2 unspecified atom stereocenters. The van der Waals surface area contributed by atoms with Gasteiger partial charge in [0.15, 0.2) is 17.5 Å². The highest BCUT2D eigenvalue weighted by Gasteiger charge is 2.21. The zero-order valence-electron chi connectivity index (χ0n) is 13.8. The van der Waals surface area contributed by atoms with Crippen molar-refractivity contribution in [1.82, 2.24) is 19.9 Å². The average Bonchev–Trinajstić information content (AvgIpc) is 3.00. The first-order valence-corrected chi connectivity index (χ1v) is 8.34. The third kappa shape index (κ3) is 3.18. The van der Waals surface area contributed by atoms with E-state index >= 15 is 0 Å². The minimum absolute atomic E-state index is 0.156. The van der Waals surface area contributed by atoms with Crippen LogP contribution in [0, 0.1) is 24.0 Å². The molecule has 2 atom stereocenters. The van der Waals surface area contributed by atoms with E-state index in [-0.39, 0.29) is 11.9 Å². The van der Waals surface area contributed by atoms with Crippen molar-refractivity contribution in [2.45, 2.75) is 32.2 Å². The smallest absolute Gasteiger partial charge is 0.183 e. The topological polar surface area (TPSA) is 66.5 Å². The summed E-state index contributed by atoms with van der Waals surface area (Å²) in [5, 5.41) is 3.75. The number of pyridine rings is 1. The van der Waals surface area contributed by atoms with Gasteiger partial charge < -0.3 is 10.3 Å². The van der Waals surface area contributed by atoms with Crippen LogP contribution in [0.3, 0.4) is 0 Å². The summed E-state index contributed by atoms with van der Waals surface area (Å²) in [6.07, 6.45) is 9.10. The van der Waals surface area contributed by atoms with Crippen LogP contribution in [0.15, 0.2) is 24.7 Å². The molecule has 0 aliphatic heterocycles. The predicted molar refractivity (Wildman–Crippen MR) is 91.8 cm³/mol. The molecule has 25 heavy (non-hydrogen) atoms. The molecular weight excluding hydrogens is 324 g/mol. The van der Waals surface area contributed by atoms with Gasteiger partial charge >= 0.3 is 0 Å². The monoisotopic (exact) mass is 342 g/mol. The largest absolute Gasteiger partial charge is 0.365 e. The Morgan fingerprint density at radius 3 is 2.92 bits per heavy atom. The van der Waals surface area contributed by atoms with E-state index in [1.165, 1.54) is 6.07 Å². The molecule has 3 aromatic rings. The molecule has 1 aliphatic carbocycles. The Labute approximate surface area is 143 Å². The maximum absolute atomic E-state index is 14.2. The minimum atomic E-state index is -0.494. The van der Waals surface area contributed by atoms with E-state index in [1.807, 2.05) is 0 Å². The molecular formula is C18H18F2N5. The number of anilines is 1. The molecule has 1 saturated carbocycles. The van der Waals surface area contributed by atoms with Crippen molar-refractivity contribution in [3.05, 3.63) is 42.7 Å². The lowest BCUT2D eigenvalue weighted by molar-refractivity contribution is 0.415. The number of fused-ring (bicyclic) bond motifs is 1. The van der Waals surface area contributed by atoms with Gasteiger partial charge in [-0.1, -0.05) is 6.92 Å². The molecule has 4 rings (SSSR count). The fourth-order valence-corrected chi connectivity index (χ4v) is 3.33. The van der Waals surface area contributed by atoms with Crippen LogP contribution in [0.4, 0.5) is 14.6 Å². The number of halogens is 2. The molecule has 0 saturated heterocycles. The molecule has 5 nitrogen and oxygen atoms in total. The highest BCUT2D eigenvalue weighted by atomic mass is 19.1. The minimum Gasteiger partial charge on any atom is -0.365 e. The van der Waals surface area contributed by atoms with E-state index < -0.39 is 11.6 Å². The Morgan fingerprint density at radius 2 is 2.08 bits per heavy atom. The quantitative estimate of drug-likeness (QED) is 0.752. The Balaban J connectivity index is 1.67. The van der Waals surface area contributed by atoms with Crippen LogP contribution >= 0.6 is 0 Å². The Bertz CT molecular complexity index is 908. The Kier molecular flexibility index (Phi) is 4.07. The summed E-state index contributed by atoms with van der Waals surface area (Å²) in [5.41, 5.74) is 1.13. The molecule has 0 aromatic carbocycles. The van der Waals surface area contributed by atoms with Crippen molar-refractivity contribution in [3.8, 4) is 11.4 Å². The SMILES string of the molecule is CC1C[CH]CC(Nc2nc(-c3c[nH]c4ncc(F)cc34)ncc2F)C1. The van der Waals surface area contributed by atoms with Crippen LogP contribution in [0.1, 0.15) is 26.2 Å². The van der Waals surface area contributed by atoms with E-state index in [0.29, 0.717) is 28.3 Å². The molecule has 1 aliphatic rings. The average molecular weight is 342 g/mol. The van der Waals surface area contributed by atoms with Crippen LogP contribution in [-0.4, -0.2) is 26.0 Å². The van der Waals surface area contributed by atoms with E-state index in [2.05, 4.69) is 38.6 Å². The van der Waals surface area contributed by atoms with Gasteiger partial charge in [-0.25, -0.2) is 23.7 Å². The number of rotatable bonds is 3. The van der Waals surface area contributed by atoms with Crippen LogP contribution in [-0.2, 0) is 0 Å². The summed E-state index contributed by atoms with van der Waals surface area (Å²) in [5.74, 6) is 0.136. The molecule has 7 heteroatoms. The first-order valence-electron chi connectivity index (χ1n) is 8.34. The highest BCUT2D eigenvalue weighted by molar-refractivity contribution is 5.91. The molecule has 0 spiro atoms. The maximum Gasteiger partial charge on any atom is 0.183 e. The lowest BCUT2D eigenvalue weighted by atomic mass is 9.87. The van der Waals surface area contributed by atoms with Crippen molar-refractivity contribution in [2.75, 3.05) is 5.32 Å². The molecule has 1 fully saturated rings. The second-order valence-corrected chi connectivity index (χ2v) is 6.58. The van der Waals surface area contributed by atoms with Crippen molar-refractivity contribution in [3.63, 3.8) is 0 Å². The predicted octanol–water partition coefficient (Wildman–Crippen LogP) is 4.10. The molecule has 1 radical (unpaired) electrons. The molecule has 3 aromatic heterocycles. The molecule has 0 bridgehead atoms. The lowest BCUT2D eigenvalue weighted by Gasteiger charge is -2.27. The summed E-state index contributed by atoms with van der Waals surface area (Å²) >= 11 is 0. The van der Waals surface area contributed by atoms with E-state index in [9.17, 15) is 8.78 Å². The van der Waals surface area contributed by atoms with Gasteiger partial charge in [0.25, 0.3) is 0 Å². The molecule has 0 amide bonds. The number of hydrogen-bond acceptors (Lipinski definition) is 4. The zero-order valence-corrected chi connectivity index (χ0v) is 13.8. The summed E-state index contributed by atoms with van der Waals surface area (Å²) in [6, 6.07) is 1.52. The second kappa shape index (κ2) is 6.38. The van der Waals surface area contributed by atoms with E-state index in [4.69, 9.17) is 0 Å². The van der Waals surface area contributed by atoms with Gasteiger partial charge in [-0.2, -0.15) is 0 Å². The van der Waals surface area contributed by atoms with Crippen molar-refractivity contribution >= 4 is 16.9 Å². The van der Waals surface area contributed by atoms with E-state index in [0.717, 1.165) is 31.7 Å². The summed E-state index contributed by atoms with van der Waals surface area (Å²) < 4.78 is 27.7. The number of nitrogens with zero attached hydrogens (tertiary/aromatic N) is 3. The molecule has 2 N–H and O–H groups in total. The summed E-state index contributed by atoms with van der Waals surface area (Å²) in [7, 11) is 0. The standard InChI is InChI=1S/C18H18F2N5/c1-10-3-2-4-12(5-10)24-18-15(20)9-23-17(25-18)14-8-22-16-13(14)6-11(19)7-21-16/h2,6-10,12H,3-5H2,1H3,(H,21,22)(H,23,24,25). The van der Waals surface area contributed by atoms with Gasteiger partial charge in [0.2, 0.25) is 0 Å². The van der Waals surface area contributed by atoms with Gasteiger partial charge in [0, 0.05) is 23.2 Å². The zero-order chi connectivity index (χ0) is 17.4. The first-order chi connectivity index (χ1) is 12.1. The van der Waals surface area contributed by atoms with Gasteiger partial charge in [-0.15, -0.1) is 0 Å². The van der Waals surface area contributed by atoms with Crippen molar-refractivity contribution in [1.29, 1.82) is 0 Å². The van der Waals surface area contributed by atoms with Crippen LogP contribution in [0.2, 0.25) is 0 Å². The number of aromatic nitrogens is 4. The summed E-state index contributed by atoms with van der Waals surface area (Å²) in [6.45, 7) is 2.18. The van der Waals surface area contributed by atoms with Crippen LogP contribution in [0.5, 0.6) is 0 Å². The van der Waals surface area contributed by atoms with E-state index in [1.54, 1.807) is 6.20 Å². The Hall–Kier alpha value is -2.57. The summed E-state index contributed by atoms with van der Waals surface area (Å²) in [4.78, 5) is 15.3. The molecule has 3 heterocycles. The van der Waals surface area contributed by atoms with Crippen LogP contribution < -0.4 is 5.32 Å². The van der Waals surface area contributed by atoms with Crippen molar-refractivity contribution < 1.29 is 8.78 Å². The third-order valence-corrected chi connectivity index (χ3v) is 4.53. The van der Waals surface area contributed by atoms with Crippen LogP contribution in [0.25, 0.3) is 22.4 Å². The Morgan fingerprint density at radius 1 is 1.20 bits per heavy atom. The first kappa shape index (κ1) is 15.9. The normalized spacial score (nSPS) is 20.8. The maximum atomic E-state index is 14.2. The number of H-pyrrole nitrogens is 1. The number of nitrogens with one attached hydrogen (secondary N) is 2. The van der Waals surface area contributed by atoms with Gasteiger partial charge in [0.1, 0.15) is 11.5 Å². The second-order valence-electron chi connectivity index (χ2n) is 6.58. The van der Waals surface area contributed by atoms with Gasteiger partial charge in [0.05, 0.1) is 12.4 Å². The highest BCUT2D eigenvalue weighted by Crippen LogP contribution is 2.29. The number of aromatic amines is 1. The van der Waals surface area contributed by atoms with Gasteiger partial charge in [-0.05, 0) is 37.7 Å². The fraction of sp³-hybridized carbons (Fsp3) is 0.333. The van der Waals surface area contributed by atoms with Crippen molar-refractivity contribution in [2.24, 2.45) is 5.92 Å².